The molecule has 3 aromatic rings. The van der Waals surface area contributed by atoms with Gasteiger partial charge in [0.25, 0.3) is 11.6 Å². The van der Waals surface area contributed by atoms with Gasteiger partial charge in [-0.2, -0.15) is 0 Å². The van der Waals surface area contributed by atoms with Crippen LogP contribution in [0.3, 0.4) is 0 Å². The molecule has 0 aliphatic heterocycles. The fourth-order valence-corrected chi connectivity index (χ4v) is 3.40. The predicted molar refractivity (Wildman–Crippen MR) is 114 cm³/mol. The van der Waals surface area contributed by atoms with Crippen LogP contribution in [0.4, 0.5) is 11.4 Å². The van der Waals surface area contributed by atoms with Crippen LogP contribution in [0.25, 0.3) is 0 Å². The van der Waals surface area contributed by atoms with Crippen molar-refractivity contribution in [3.05, 3.63) is 88.0 Å². The number of nitrogens with one attached hydrogen (secondary N) is 1. The molecule has 148 valence electrons. The molecule has 0 aromatic heterocycles. The number of carbonyl (C=O) groups excluding carboxylic acids is 1. The van der Waals surface area contributed by atoms with Crippen LogP contribution in [-0.2, 0) is 4.79 Å². The van der Waals surface area contributed by atoms with E-state index in [2.05, 4.69) is 5.32 Å². The summed E-state index contributed by atoms with van der Waals surface area (Å²) in [5, 5.41) is 13.5. The molecule has 29 heavy (non-hydrogen) atoms. The monoisotopic (exact) mass is 408 g/mol. The maximum atomic E-state index is 12.1. The summed E-state index contributed by atoms with van der Waals surface area (Å²) in [6.45, 7) is 3.85. The van der Waals surface area contributed by atoms with E-state index in [9.17, 15) is 14.9 Å². The molecular weight excluding hydrogens is 388 g/mol. The van der Waals surface area contributed by atoms with Crippen molar-refractivity contribution >= 4 is 29.0 Å². The first-order chi connectivity index (χ1) is 13.9. The number of anilines is 1. The number of amides is 1. The predicted octanol–water partition coefficient (Wildman–Crippen LogP) is 5.38. The molecule has 7 heteroatoms. The zero-order chi connectivity index (χ0) is 20.8. The summed E-state index contributed by atoms with van der Waals surface area (Å²) in [5.41, 5.74) is 2.80. The largest absolute Gasteiger partial charge is 0.483 e. The second-order valence-electron chi connectivity index (χ2n) is 6.48. The van der Waals surface area contributed by atoms with E-state index in [0.717, 1.165) is 20.9 Å². The maximum absolute atomic E-state index is 12.1. The first-order valence-electron chi connectivity index (χ1n) is 8.93. The van der Waals surface area contributed by atoms with Gasteiger partial charge < -0.3 is 10.1 Å². The van der Waals surface area contributed by atoms with Gasteiger partial charge in [0.05, 0.1) is 4.92 Å². The molecule has 0 radical (unpaired) electrons. The van der Waals surface area contributed by atoms with Gasteiger partial charge in [-0.05, 0) is 67.4 Å². The van der Waals surface area contributed by atoms with Crippen molar-refractivity contribution in [1.82, 2.24) is 0 Å². The molecule has 0 saturated heterocycles. The van der Waals surface area contributed by atoms with Gasteiger partial charge >= 0.3 is 0 Å². The summed E-state index contributed by atoms with van der Waals surface area (Å²) in [6.07, 6.45) is 0. The molecule has 0 heterocycles. The Labute approximate surface area is 173 Å². The SMILES string of the molecule is Cc1ccc(C)c(OCC(=O)Nc2ccc(Sc3ccc([N+](=O)[O-])cc3)cc2)c1. The highest BCUT2D eigenvalue weighted by molar-refractivity contribution is 7.99. The topological polar surface area (TPSA) is 81.5 Å². The highest BCUT2D eigenvalue weighted by Gasteiger charge is 2.07. The number of aryl methyl sites for hydroxylation is 2. The Morgan fingerprint density at radius 2 is 1.62 bits per heavy atom. The molecule has 3 rings (SSSR count). The number of nitrogens with zero attached hydrogens (tertiary/aromatic N) is 1. The molecule has 1 N–H and O–H groups in total. The summed E-state index contributed by atoms with van der Waals surface area (Å²) >= 11 is 1.49. The number of carbonyl (C=O) groups is 1. The van der Waals surface area contributed by atoms with Crippen molar-refractivity contribution in [2.45, 2.75) is 23.6 Å². The van der Waals surface area contributed by atoms with Crippen LogP contribution in [0.15, 0.2) is 76.5 Å². The number of benzene rings is 3. The Hall–Kier alpha value is -3.32. The van der Waals surface area contributed by atoms with E-state index in [-0.39, 0.29) is 18.2 Å². The zero-order valence-electron chi connectivity index (χ0n) is 16.0. The molecule has 0 aliphatic rings. The van der Waals surface area contributed by atoms with Gasteiger partial charge in [0.1, 0.15) is 5.75 Å². The quantitative estimate of drug-likeness (QED) is 0.419. The Morgan fingerprint density at radius 3 is 2.24 bits per heavy atom. The Balaban J connectivity index is 1.53. The Bertz CT molecular complexity index is 1020. The third kappa shape index (κ3) is 5.83. The van der Waals surface area contributed by atoms with E-state index in [1.165, 1.54) is 23.9 Å². The van der Waals surface area contributed by atoms with Gasteiger partial charge in [-0.15, -0.1) is 0 Å². The highest BCUT2D eigenvalue weighted by Crippen LogP contribution is 2.29. The van der Waals surface area contributed by atoms with Gasteiger partial charge in [-0.3, -0.25) is 14.9 Å². The average Bonchev–Trinajstić information content (AvgIpc) is 2.70. The summed E-state index contributed by atoms with van der Waals surface area (Å²) in [7, 11) is 0. The van der Waals surface area contributed by atoms with Crippen LogP contribution in [0.2, 0.25) is 0 Å². The van der Waals surface area contributed by atoms with Crippen LogP contribution in [-0.4, -0.2) is 17.4 Å². The van der Waals surface area contributed by atoms with E-state index in [4.69, 9.17) is 4.74 Å². The van der Waals surface area contributed by atoms with Crippen LogP contribution >= 0.6 is 11.8 Å². The fraction of sp³-hybridized carbons (Fsp3) is 0.136. The molecule has 0 saturated carbocycles. The lowest BCUT2D eigenvalue weighted by atomic mass is 10.1. The summed E-state index contributed by atoms with van der Waals surface area (Å²) in [6, 6.07) is 19.6. The first kappa shape index (κ1) is 20.4. The van der Waals surface area contributed by atoms with E-state index in [0.29, 0.717) is 11.4 Å². The molecule has 0 spiro atoms. The van der Waals surface area contributed by atoms with E-state index < -0.39 is 4.92 Å². The van der Waals surface area contributed by atoms with Gasteiger partial charge in [0.2, 0.25) is 0 Å². The summed E-state index contributed by atoms with van der Waals surface area (Å²) < 4.78 is 5.62. The Kier molecular flexibility index (Phi) is 6.51. The second-order valence-corrected chi connectivity index (χ2v) is 7.63. The molecular formula is C22H20N2O4S. The molecule has 0 fully saturated rings. The lowest BCUT2D eigenvalue weighted by Crippen LogP contribution is -2.20. The van der Waals surface area contributed by atoms with Crippen molar-refractivity contribution in [3.8, 4) is 5.75 Å². The Morgan fingerprint density at radius 1 is 1.00 bits per heavy atom. The minimum Gasteiger partial charge on any atom is -0.483 e. The molecule has 0 atom stereocenters. The average molecular weight is 408 g/mol. The number of rotatable bonds is 7. The number of non-ortho nitro benzene ring substituents is 1. The first-order valence-corrected chi connectivity index (χ1v) is 9.74. The van der Waals surface area contributed by atoms with Crippen molar-refractivity contribution in [2.24, 2.45) is 0 Å². The molecule has 6 nitrogen and oxygen atoms in total. The minimum atomic E-state index is -0.421. The van der Waals surface area contributed by atoms with Gasteiger partial charge in [0, 0.05) is 27.6 Å². The van der Waals surface area contributed by atoms with Crippen molar-refractivity contribution in [2.75, 3.05) is 11.9 Å². The van der Waals surface area contributed by atoms with E-state index in [1.807, 2.05) is 56.3 Å². The third-order valence-electron chi connectivity index (χ3n) is 4.12. The number of hydrogen-bond donors (Lipinski definition) is 1. The van der Waals surface area contributed by atoms with Crippen molar-refractivity contribution in [1.29, 1.82) is 0 Å². The summed E-state index contributed by atoms with van der Waals surface area (Å²) in [5.74, 6) is 0.469. The number of nitro groups is 1. The normalized spacial score (nSPS) is 10.4. The molecule has 1 amide bonds. The van der Waals surface area contributed by atoms with Gasteiger partial charge in [-0.1, -0.05) is 23.9 Å². The lowest BCUT2D eigenvalue weighted by molar-refractivity contribution is -0.384. The smallest absolute Gasteiger partial charge is 0.269 e. The fourth-order valence-electron chi connectivity index (χ4n) is 2.58. The zero-order valence-corrected chi connectivity index (χ0v) is 16.9. The molecule has 0 bridgehead atoms. The van der Waals surface area contributed by atoms with Gasteiger partial charge in [0.15, 0.2) is 6.61 Å². The number of ether oxygens (including phenoxy) is 1. The minimum absolute atomic E-state index is 0.0653. The summed E-state index contributed by atoms with van der Waals surface area (Å²) in [4.78, 5) is 24.3. The highest BCUT2D eigenvalue weighted by atomic mass is 32.2. The van der Waals surface area contributed by atoms with Gasteiger partial charge in [-0.25, -0.2) is 0 Å². The van der Waals surface area contributed by atoms with Crippen LogP contribution in [0, 0.1) is 24.0 Å². The van der Waals surface area contributed by atoms with E-state index >= 15 is 0 Å². The number of nitro benzene ring substituents is 1. The van der Waals surface area contributed by atoms with Crippen molar-refractivity contribution in [3.63, 3.8) is 0 Å². The number of hydrogen-bond acceptors (Lipinski definition) is 5. The van der Waals surface area contributed by atoms with Crippen LogP contribution < -0.4 is 10.1 Å². The van der Waals surface area contributed by atoms with Crippen LogP contribution in [0.5, 0.6) is 5.75 Å². The lowest BCUT2D eigenvalue weighted by Gasteiger charge is -2.10. The van der Waals surface area contributed by atoms with Crippen LogP contribution in [0.1, 0.15) is 11.1 Å². The maximum Gasteiger partial charge on any atom is 0.269 e. The van der Waals surface area contributed by atoms with Crippen molar-refractivity contribution < 1.29 is 14.5 Å². The molecule has 0 unspecified atom stereocenters. The standard InChI is InChI=1S/C22H20N2O4S/c1-15-3-4-16(2)21(13-15)28-14-22(25)23-17-5-9-19(10-6-17)29-20-11-7-18(8-12-20)24(26)27/h3-13H,14H2,1-2H3,(H,23,25). The molecule has 0 aliphatic carbocycles. The van der Waals surface area contributed by atoms with E-state index in [1.54, 1.807) is 12.1 Å². The second kappa shape index (κ2) is 9.25. The molecule has 3 aromatic carbocycles. The third-order valence-corrected chi connectivity index (χ3v) is 5.14.